The van der Waals surface area contributed by atoms with Crippen molar-refractivity contribution in [1.29, 1.82) is 0 Å². The van der Waals surface area contributed by atoms with E-state index in [4.69, 9.17) is 9.84 Å². The second kappa shape index (κ2) is 5.60. The van der Waals surface area contributed by atoms with E-state index in [0.717, 1.165) is 24.8 Å². The molecule has 0 bridgehead atoms. The number of hydrogen-bond donors (Lipinski definition) is 3. The number of hydrogen-bond acceptors (Lipinski definition) is 3. The maximum atomic E-state index is 14.5. The monoisotopic (exact) mass is 341 g/mol. The van der Waals surface area contributed by atoms with Crippen LogP contribution in [0.1, 0.15) is 24.8 Å². The molecule has 1 fully saturated rings. The third kappa shape index (κ3) is 2.64. The molecule has 0 radical (unpaired) electrons. The smallest absolute Gasteiger partial charge is 0.449 e. The fraction of sp³-hybridized carbons (Fsp3) is 0.211. The molecule has 0 saturated heterocycles. The summed E-state index contributed by atoms with van der Waals surface area (Å²) in [6, 6.07) is 10.0. The van der Waals surface area contributed by atoms with Gasteiger partial charge in [0.2, 0.25) is 0 Å². The minimum Gasteiger partial charge on any atom is -0.449 e. The van der Waals surface area contributed by atoms with Crippen molar-refractivity contribution in [3.63, 3.8) is 0 Å². The normalized spacial score (nSPS) is 15.8. The molecule has 3 aromatic rings. The SMILES string of the molecule is O=C(O)Oc1c[nH]c2cc(F)c(-c3ccc(C4(O)CCC4)cc3)cc12. The Bertz CT molecular complexity index is 957. The summed E-state index contributed by atoms with van der Waals surface area (Å²) in [5.41, 5.74) is 1.52. The standard InChI is InChI=1S/C19H16FNO4/c20-15-9-16-14(17(10-21-16)25-18(22)23)8-13(15)11-2-4-12(5-3-11)19(24)6-1-7-19/h2-5,8-10,21,24H,1,6-7H2,(H,22,23). The first-order valence-corrected chi connectivity index (χ1v) is 8.01. The largest absolute Gasteiger partial charge is 0.511 e. The van der Waals surface area contributed by atoms with E-state index >= 15 is 0 Å². The number of aromatic nitrogens is 1. The lowest BCUT2D eigenvalue weighted by molar-refractivity contribution is -0.0387. The number of ether oxygens (including phenoxy) is 1. The quantitative estimate of drug-likeness (QED) is 0.617. The maximum absolute atomic E-state index is 14.5. The minimum absolute atomic E-state index is 0.129. The van der Waals surface area contributed by atoms with Gasteiger partial charge in [-0.05, 0) is 42.5 Å². The predicted molar refractivity (Wildman–Crippen MR) is 90.1 cm³/mol. The van der Waals surface area contributed by atoms with E-state index in [2.05, 4.69) is 4.98 Å². The highest BCUT2D eigenvalue weighted by atomic mass is 19.1. The van der Waals surface area contributed by atoms with E-state index in [1.54, 1.807) is 18.2 Å². The molecule has 5 nitrogen and oxygen atoms in total. The Hall–Kier alpha value is -2.86. The highest BCUT2D eigenvalue weighted by Gasteiger charge is 2.35. The van der Waals surface area contributed by atoms with Crippen molar-refractivity contribution in [2.24, 2.45) is 0 Å². The lowest BCUT2D eigenvalue weighted by Gasteiger charge is -2.37. The molecule has 3 N–H and O–H groups in total. The van der Waals surface area contributed by atoms with E-state index in [1.165, 1.54) is 12.3 Å². The zero-order chi connectivity index (χ0) is 17.6. The molecule has 1 saturated carbocycles. The second-order valence-corrected chi connectivity index (χ2v) is 6.36. The topological polar surface area (TPSA) is 82.5 Å². The average molecular weight is 341 g/mol. The lowest BCUT2D eigenvalue weighted by atomic mass is 9.75. The van der Waals surface area contributed by atoms with Crippen LogP contribution in [0.4, 0.5) is 9.18 Å². The number of halogens is 1. The number of benzene rings is 2. The van der Waals surface area contributed by atoms with Gasteiger partial charge in [0.25, 0.3) is 0 Å². The molecule has 2 aromatic carbocycles. The summed E-state index contributed by atoms with van der Waals surface area (Å²) in [6.07, 6.45) is 2.45. The van der Waals surface area contributed by atoms with Gasteiger partial charge in [0.1, 0.15) is 5.82 Å². The van der Waals surface area contributed by atoms with Crippen molar-refractivity contribution in [2.45, 2.75) is 24.9 Å². The molecule has 0 amide bonds. The van der Waals surface area contributed by atoms with Crippen LogP contribution in [0.25, 0.3) is 22.0 Å². The Kier molecular flexibility index (Phi) is 3.51. The Morgan fingerprint density at radius 3 is 2.52 bits per heavy atom. The molecule has 128 valence electrons. The number of aliphatic hydroxyl groups is 1. The van der Waals surface area contributed by atoms with E-state index < -0.39 is 17.6 Å². The van der Waals surface area contributed by atoms with Crippen LogP contribution in [0, 0.1) is 5.82 Å². The van der Waals surface area contributed by atoms with Crippen LogP contribution in [0.5, 0.6) is 5.75 Å². The minimum atomic E-state index is -1.43. The molecule has 0 atom stereocenters. The summed E-state index contributed by atoms with van der Waals surface area (Å²) < 4.78 is 19.2. The van der Waals surface area contributed by atoms with Gasteiger partial charge < -0.3 is 19.9 Å². The third-order valence-corrected chi connectivity index (χ3v) is 4.84. The number of fused-ring (bicyclic) bond motifs is 1. The van der Waals surface area contributed by atoms with Crippen LogP contribution in [-0.2, 0) is 5.60 Å². The van der Waals surface area contributed by atoms with E-state index in [9.17, 15) is 14.3 Å². The first-order chi connectivity index (χ1) is 12.0. The third-order valence-electron chi connectivity index (χ3n) is 4.84. The Labute approximate surface area is 142 Å². The molecule has 1 aliphatic rings. The Balaban J connectivity index is 1.75. The second-order valence-electron chi connectivity index (χ2n) is 6.36. The first kappa shape index (κ1) is 15.7. The molecule has 1 aromatic heterocycles. The Morgan fingerprint density at radius 2 is 1.92 bits per heavy atom. The van der Waals surface area contributed by atoms with Crippen LogP contribution in [0.3, 0.4) is 0 Å². The molecule has 25 heavy (non-hydrogen) atoms. The number of carboxylic acid groups (broad SMARTS) is 1. The molecule has 4 rings (SSSR count). The van der Waals surface area contributed by atoms with Gasteiger partial charge >= 0.3 is 6.16 Å². The van der Waals surface area contributed by atoms with E-state index in [1.807, 2.05) is 12.1 Å². The van der Waals surface area contributed by atoms with Crippen molar-refractivity contribution in [3.8, 4) is 16.9 Å². The summed E-state index contributed by atoms with van der Waals surface area (Å²) in [5.74, 6) is -0.296. The molecular weight excluding hydrogens is 325 g/mol. The molecule has 6 heteroatoms. The number of nitrogens with one attached hydrogen (secondary N) is 1. The molecule has 0 spiro atoms. The van der Waals surface area contributed by atoms with Crippen LogP contribution in [0.15, 0.2) is 42.6 Å². The van der Waals surface area contributed by atoms with Crippen molar-refractivity contribution in [1.82, 2.24) is 4.98 Å². The number of carbonyl (C=O) groups is 1. The maximum Gasteiger partial charge on any atom is 0.511 e. The average Bonchev–Trinajstić information content (AvgIpc) is 2.93. The van der Waals surface area contributed by atoms with Gasteiger partial charge in [0.15, 0.2) is 5.75 Å². The zero-order valence-corrected chi connectivity index (χ0v) is 13.3. The summed E-state index contributed by atoms with van der Waals surface area (Å²) in [6.45, 7) is 0. The number of rotatable bonds is 3. The number of aromatic amines is 1. The van der Waals surface area contributed by atoms with Crippen LogP contribution >= 0.6 is 0 Å². The zero-order valence-electron chi connectivity index (χ0n) is 13.3. The Morgan fingerprint density at radius 1 is 1.20 bits per heavy atom. The van der Waals surface area contributed by atoms with Crippen LogP contribution in [0.2, 0.25) is 0 Å². The van der Waals surface area contributed by atoms with E-state index in [0.29, 0.717) is 22.0 Å². The van der Waals surface area contributed by atoms with Gasteiger partial charge in [-0.25, -0.2) is 9.18 Å². The van der Waals surface area contributed by atoms with Crippen molar-refractivity contribution in [3.05, 3.63) is 54.0 Å². The molecule has 0 aliphatic heterocycles. The molecule has 0 unspecified atom stereocenters. The van der Waals surface area contributed by atoms with E-state index in [-0.39, 0.29) is 5.75 Å². The van der Waals surface area contributed by atoms with Crippen LogP contribution < -0.4 is 4.74 Å². The fourth-order valence-corrected chi connectivity index (χ4v) is 3.28. The van der Waals surface area contributed by atoms with Gasteiger partial charge in [0, 0.05) is 17.1 Å². The summed E-state index contributed by atoms with van der Waals surface area (Å²) in [4.78, 5) is 13.6. The van der Waals surface area contributed by atoms with Crippen LogP contribution in [-0.4, -0.2) is 21.4 Å². The highest BCUT2D eigenvalue weighted by molar-refractivity contribution is 5.91. The fourth-order valence-electron chi connectivity index (χ4n) is 3.28. The van der Waals surface area contributed by atoms with Crippen molar-refractivity contribution in [2.75, 3.05) is 0 Å². The molecule has 1 aliphatic carbocycles. The summed E-state index contributed by atoms with van der Waals surface area (Å²) in [5, 5.41) is 19.7. The van der Waals surface area contributed by atoms with Gasteiger partial charge in [0.05, 0.1) is 11.1 Å². The molecular formula is C19H16FNO4. The van der Waals surface area contributed by atoms with Gasteiger partial charge in [-0.1, -0.05) is 24.3 Å². The van der Waals surface area contributed by atoms with Gasteiger partial charge in [-0.15, -0.1) is 0 Å². The lowest BCUT2D eigenvalue weighted by Crippen LogP contribution is -2.33. The van der Waals surface area contributed by atoms with Gasteiger partial charge in [-0.2, -0.15) is 0 Å². The summed E-state index contributed by atoms with van der Waals surface area (Å²) >= 11 is 0. The van der Waals surface area contributed by atoms with Gasteiger partial charge in [-0.3, -0.25) is 0 Å². The van der Waals surface area contributed by atoms with Crippen molar-refractivity contribution >= 4 is 17.1 Å². The predicted octanol–water partition coefficient (Wildman–Crippen LogP) is 4.40. The highest BCUT2D eigenvalue weighted by Crippen LogP contribution is 2.41. The number of H-pyrrole nitrogens is 1. The first-order valence-electron chi connectivity index (χ1n) is 8.01. The molecule has 1 heterocycles. The summed E-state index contributed by atoms with van der Waals surface area (Å²) in [7, 11) is 0. The van der Waals surface area contributed by atoms with Crippen molar-refractivity contribution < 1.29 is 24.1 Å².